The van der Waals surface area contributed by atoms with Crippen LogP contribution in [0.3, 0.4) is 0 Å². The van der Waals surface area contributed by atoms with Crippen molar-refractivity contribution < 1.29 is 19.2 Å². The number of rotatable bonds is 7. The third-order valence-electron chi connectivity index (χ3n) is 5.12. The molecule has 160 valence electrons. The molecule has 4 aromatic rings. The molecule has 3 N–H and O–H groups in total. The molecule has 0 spiro atoms. The van der Waals surface area contributed by atoms with Crippen LogP contribution in [0.4, 0.5) is 10.2 Å². The maximum absolute atomic E-state index is 14.5. The predicted octanol–water partition coefficient (Wildman–Crippen LogP) is 1.91. The molecular formula is C22H19BFN5O3. The molecule has 0 unspecified atom stereocenters. The smallest absolute Gasteiger partial charge is 0.488 e. The van der Waals surface area contributed by atoms with Crippen molar-refractivity contribution in [3.63, 3.8) is 0 Å². The molecule has 2 aromatic carbocycles. The monoisotopic (exact) mass is 431 g/mol. The van der Waals surface area contributed by atoms with Gasteiger partial charge in [-0.1, -0.05) is 24.3 Å². The van der Waals surface area contributed by atoms with Crippen molar-refractivity contribution in [2.45, 2.75) is 6.54 Å². The van der Waals surface area contributed by atoms with Crippen LogP contribution in [0.5, 0.6) is 5.75 Å². The number of hydrogen-bond donors (Lipinski definition) is 3. The summed E-state index contributed by atoms with van der Waals surface area (Å²) in [5, 5.41) is 31.7. The zero-order valence-corrected chi connectivity index (χ0v) is 17.2. The molecule has 10 heteroatoms. The molecule has 0 amide bonds. The van der Waals surface area contributed by atoms with Gasteiger partial charge in [-0.25, -0.2) is 14.4 Å². The van der Waals surface area contributed by atoms with Crippen molar-refractivity contribution in [2.24, 2.45) is 0 Å². The first-order chi connectivity index (χ1) is 15.5. The third kappa shape index (κ3) is 4.12. The Morgan fingerprint density at radius 2 is 1.94 bits per heavy atom. The van der Waals surface area contributed by atoms with E-state index in [1.807, 2.05) is 0 Å². The van der Waals surface area contributed by atoms with Gasteiger partial charge < -0.3 is 24.7 Å². The van der Waals surface area contributed by atoms with Crippen LogP contribution in [0.2, 0.25) is 0 Å². The van der Waals surface area contributed by atoms with Gasteiger partial charge in [0.1, 0.15) is 35.5 Å². The van der Waals surface area contributed by atoms with E-state index in [4.69, 9.17) is 4.74 Å². The van der Waals surface area contributed by atoms with Gasteiger partial charge in [-0.3, -0.25) is 0 Å². The van der Waals surface area contributed by atoms with Crippen LogP contribution in [0.1, 0.15) is 5.69 Å². The lowest BCUT2D eigenvalue weighted by atomic mass is 9.80. The van der Waals surface area contributed by atoms with Crippen molar-refractivity contribution in [2.75, 3.05) is 19.0 Å². The van der Waals surface area contributed by atoms with Crippen molar-refractivity contribution in [1.29, 1.82) is 5.26 Å². The summed E-state index contributed by atoms with van der Waals surface area (Å²) in [4.78, 5) is 8.46. The van der Waals surface area contributed by atoms with Crippen LogP contribution in [0.15, 0.2) is 54.9 Å². The number of nitriles is 1. The minimum Gasteiger partial charge on any atom is -0.496 e. The lowest BCUT2D eigenvalue weighted by Gasteiger charge is -2.11. The Kier molecular flexibility index (Phi) is 6.03. The molecule has 0 aliphatic carbocycles. The van der Waals surface area contributed by atoms with Crippen molar-refractivity contribution in [1.82, 2.24) is 14.5 Å². The van der Waals surface area contributed by atoms with Gasteiger partial charge in [-0.05, 0) is 23.7 Å². The fourth-order valence-corrected chi connectivity index (χ4v) is 3.55. The SMILES string of the molecule is COc1ccc(F)c2c1cc(C#N)n2CCNc1cc(-c2ccc(B(O)O)cc2)ncn1. The fraction of sp³-hybridized carbons (Fsp3) is 0.136. The van der Waals surface area contributed by atoms with Gasteiger partial charge in [0.05, 0.1) is 18.3 Å². The molecule has 32 heavy (non-hydrogen) atoms. The van der Waals surface area contributed by atoms with E-state index < -0.39 is 12.9 Å². The molecule has 0 fully saturated rings. The Bertz CT molecular complexity index is 1300. The van der Waals surface area contributed by atoms with E-state index in [9.17, 15) is 19.7 Å². The zero-order chi connectivity index (χ0) is 22.7. The average Bonchev–Trinajstić information content (AvgIpc) is 3.19. The first kappa shape index (κ1) is 21.3. The molecule has 4 rings (SSSR count). The van der Waals surface area contributed by atoms with Crippen LogP contribution in [0, 0.1) is 17.1 Å². The van der Waals surface area contributed by atoms with Crippen LogP contribution < -0.4 is 15.5 Å². The summed E-state index contributed by atoms with van der Waals surface area (Å²) in [6, 6.07) is 15.0. The number of nitrogens with zero attached hydrogens (tertiary/aromatic N) is 4. The Morgan fingerprint density at radius 3 is 2.62 bits per heavy atom. The first-order valence-corrected chi connectivity index (χ1v) is 9.80. The van der Waals surface area contributed by atoms with E-state index >= 15 is 0 Å². The van der Waals surface area contributed by atoms with Crippen LogP contribution >= 0.6 is 0 Å². The number of aromatic nitrogens is 3. The Hall–Kier alpha value is -3.94. The van der Waals surface area contributed by atoms with Gasteiger partial charge >= 0.3 is 7.12 Å². The van der Waals surface area contributed by atoms with E-state index in [0.717, 1.165) is 5.56 Å². The minimum atomic E-state index is -1.53. The minimum absolute atomic E-state index is 0.317. The van der Waals surface area contributed by atoms with Gasteiger partial charge in [0, 0.05) is 30.1 Å². The lowest BCUT2D eigenvalue weighted by Crippen LogP contribution is -2.29. The topological polar surface area (TPSA) is 116 Å². The summed E-state index contributed by atoms with van der Waals surface area (Å²) in [5.41, 5.74) is 2.48. The third-order valence-corrected chi connectivity index (χ3v) is 5.12. The molecule has 2 heterocycles. The Labute approximate surface area is 183 Å². The number of nitrogens with one attached hydrogen (secondary N) is 1. The second-order valence-electron chi connectivity index (χ2n) is 7.02. The second kappa shape index (κ2) is 9.05. The maximum Gasteiger partial charge on any atom is 0.488 e. The van der Waals surface area contributed by atoms with Gasteiger partial charge in [0.2, 0.25) is 0 Å². The van der Waals surface area contributed by atoms with E-state index in [0.29, 0.717) is 52.4 Å². The Balaban J connectivity index is 1.53. The largest absolute Gasteiger partial charge is 0.496 e. The summed E-state index contributed by atoms with van der Waals surface area (Å²) in [5.74, 6) is 0.641. The van der Waals surface area contributed by atoms with Crippen LogP contribution in [-0.4, -0.2) is 45.4 Å². The standard InChI is InChI=1S/C22H19BFN5O3/c1-32-20-7-6-18(24)22-17(20)10-16(12-25)29(22)9-8-26-21-11-19(27-13-28-21)14-2-4-15(5-3-14)23(30)31/h2-7,10-11,13,30-31H,8-9H2,1H3,(H,26,27,28). The summed E-state index contributed by atoms with van der Waals surface area (Å²) in [6.45, 7) is 0.722. The van der Waals surface area contributed by atoms with Gasteiger partial charge in [0.25, 0.3) is 0 Å². The highest BCUT2D eigenvalue weighted by molar-refractivity contribution is 6.58. The molecule has 0 bridgehead atoms. The number of fused-ring (bicyclic) bond motifs is 1. The van der Waals surface area contributed by atoms with Crippen molar-refractivity contribution in [3.05, 3.63) is 66.4 Å². The summed E-state index contributed by atoms with van der Waals surface area (Å²) < 4.78 is 21.4. The van der Waals surface area contributed by atoms with Gasteiger partial charge in [0.15, 0.2) is 0 Å². The van der Waals surface area contributed by atoms with Crippen LogP contribution in [0.25, 0.3) is 22.2 Å². The predicted molar refractivity (Wildman–Crippen MR) is 119 cm³/mol. The second-order valence-corrected chi connectivity index (χ2v) is 7.02. The maximum atomic E-state index is 14.5. The highest BCUT2D eigenvalue weighted by Crippen LogP contribution is 2.31. The highest BCUT2D eigenvalue weighted by atomic mass is 19.1. The summed E-state index contributed by atoms with van der Waals surface area (Å²) >= 11 is 0. The van der Waals surface area contributed by atoms with Crippen LogP contribution in [-0.2, 0) is 6.54 Å². The Morgan fingerprint density at radius 1 is 1.16 bits per heavy atom. The first-order valence-electron chi connectivity index (χ1n) is 9.80. The number of benzene rings is 2. The molecule has 0 aliphatic rings. The fourth-order valence-electron chi connectivity index (χ4n) is 3.55. The van der Waals surface area contributed by atoms with Gasteiger partial charge in [-0.2, -0.15) is 5.26 Å². The molecule has 0 aliphatic heterocycles. The highest BCUT2D eigenvalue weighted by Gasteiger charge is 2.16. The quantitative estimate of drug-likeness (QED) is 0.383. The van der Waals surface area contributed by atoms with E-state index in [1.54, 1.807) is 41.0 Å². The molecule has 8 nitrogen and oxygen atoms in total. The molecule has 2 aromatic heterocycles. The van der Waals surface area contributed by atoms with E-state index in [2.05, 4.69) is 21.4 Å². The molecule has 0 atom stereocenters. The molecule has 0 radical (unpaired) electrons. The summed E-state index contributed by atoms with van der Waals surface area (Å²) in [7, 11) is -0.0244. The average molecular weight is 431 g/mol. The number of halogens is 1. The zero-order valence-electron chi connectivity index (χ0n) is 17.2. The number of hydrogen-bond acceptors (Lipinski definition) is 7. The van der Waals surface area contributed by atoms with Gasteiger partial charge in [-0.15, -0.1) is 0 Å². The lowest BCUT2D eigenvalue weighted by molar-refractivity contribution is 0.419. The van der Waals surface area contributed by atoms with E-state index in [1.165, 1.54) is 25.6 Å². The molecule has 0 saturated heterocycles. The normalized spacial score (nSPS) is 10.7. The molecular weight excluding hydrogens is 412 g/mol. The van der Waals surface area contributed by atoms with E-state index in [-0.39, 0.29) is 0 Å². The number of ether oxygens (including phenoxy) is 1. The number of anilines is 1. The molecule has 0 saturated carbocycles. The van der Waals surface area contributed by atoms with Crippen molar-refractivity contribution >= 4 is 29.3 Å². The van der Waals surface area contributed by atoms with Crippen molar-refractivity contribution in [3.8, 4) is 23.1 Å². The number of methoxy groups -OCH3 is 1. The summed E-state index contributed by atoms with van der Waals surface area (Å²) in [6.07, 6.45) is 1.42.